The van der Waals surface area contributed by atoms with Gasteiger partial charge >= 0.3 is 6.09 Å². The number of carbonyl (C=O) groups is 4. The molecule has 0 spiro atoms. The van der Waals surface area contributed by atoms with Crippen molar-refractivity contribution in [3.8, 4) is 5.75 Å². The van der Waals surface area contributed by atoms with Gasteiger partial charge in [0, 0.05) is 30.9 Å². The molecule has 1 aliphatic heterocycles. The fourth-order valence-electron chi connectivity index (χ4n) is 4.56. The Bertz CT molecular complexity index is 1480. The van der Waals surface area contributed by atoms with Crippen LogP contribution in [0.3, 0.4) is 0 Å². The lowest BCUT2D eigenvalue weighted by Crippen LogP contribution is -2.48. The number of hydrogen-bond donors (Lipinski definition) is 3. The molecule has 45 heavy (non-hydrogen) atoms. The maximum atomic E-state index is 14.1. The number of ketones is 1. The van der Waals surface area contributed by atoms with Crippen LogP contribution in [0.1, 0.15) is 59.9 Å². The lowest BCUT2D eigenvalue weighted by Gasteiger charge is -2.26. The quantitative estimate of drug-likeness (QED) is 0.235. The van der Waals surface area contributed by atoms with E-state index >= 15 is 0 Å². The van der Waals surface area contributed by atoms with Gasteiger partial charge in [-0.25, -0.2) is 18.6 Å². The van der Waals surface area contributed by atoms with Crippen LogP contribution in [0.15, 0.2) is 23.3 Å². The molecule has 3 amide bonds. The highest BCUT2D eigenvalue weighted by molar-refractivity contribution is 5.92. The van der Waals surface area contributed by atoms with Gasteiger partial charge in [0.25, 0.3) is 5.56 Å². The van der Waals surface area contributed by atoms with E-state index in [9.17, 15) is 41.5 Å². The van der Waals surface area contributed by atoms with Gasteiger partial charge in [0.15, 0.2) is 23.2 Å². The zero-order valence-corrected chi connectivity index (χ0v) is 25.3. The van der Waals surface area contributed by atoms with Gasteiger partial charge in [-0.15, -0.1) is 0 Å². The SMILES string of the molecule is CC(C)C[C@@H](C(=O)N[C@@H](C[C@@H]1CCNC1=O)C(=O)COc1c(F)c(F)cc(F)c1F)n1ccnc(NC(=O)OC(C)(C)C)c1=O. The summed E-state index contributed by atoms with van der Waals surface area (Å²) in [5.74, 6) is -12.2. The summed E-state index contributed by atoms with van der Waals surface area (Å²) in [6.45, 7) is 7.59. The number of amides is 3. The minimum atomic E-state index is -1.86. The largest absolute Gasteiger partial charge is 0.479 e. The Kier molecular flexibility index (Phi) is 11.3. The third kappa shape index (κ3) is 9.25. The van der Waals surface area contributed by atoms with E-state index in [1.54, 1.807) is 34.6 Å². The van der Waals surface area contributed by atoms with Crippen LogP contribution in [0.2, 0.25) is 0 Å². The summed E-state index contributed by atoms with van der Waals surface area (Å²) in [6, 6.07) is -2.74. The summed E-state index contributed by atoms with van der Waals surface area (Å²) in [4.78, 5) is 68.6. The van der Waals surface area contributed by atoms with Crippen molar-refractivity contribution in [3.63, 3.8) is 0 Å². The summed E-state index contributed by atoms with van der Waals surface area (Å²) >= 11 is 0. The van der Waals surface area contributed by atoms with Crippen LogP contribution in [0.25, 0.3) is 0 Å². The van der Waals surface area contributed by atoms with Crippen molar-refractivity contribution in [3.05, 3.63) is 52.1 Å². The first-order valence-corrected chi connectivity index (χ1v) is 14.1. The number of nitrogens with one attached hydrogen (secondary N) is 3. The van der Waals surface area contributed by atoms with Gasteiger partial charge in [-0.2, -0.15) is 8.78 Å². The summed E-state index contributed by atoms with van der Waals surface area (Å²) in [5.41, 5.74) is -1.73. The minimum absolute atomic E-state index is 0.0224. The van der Waals surface area contributed by atoms with E-state index in [0.717, 1.165) is 4.57 Å². The standard InChI is InChI=1S/C29H35F4N5O7/c1-14(2)10-19(38-9-8-34-24(27(38)42)37-28(43)45-29(3,4)5)26(41)36-18(11-15-6-7-35-25(15)40)20(39)13-44-23-21(32)16(30)12-17(31)22(23)33/h8-9,12,14-15,18-19H,6-7,10-11,13H2,1-5H3,(H,35,40)(H,36,41)(H,34,37,43)/t15-,18-,19-/m0/s1. The molecule has 12 nitrogen and oxygen atoms in total. The molecule has 2 heterocycles. The number of carbonyl (C=O) groups excluding carboxylic acids is 4. The Labute approximate surface area is 255 Å². The Balaban J connectivity index is 1.89. The molecule has 246 valence electrons. The fraction of sp³-hybridized carbons (Fsp3) is 0.517. The second-order valence-corrected chi connectivity index (χ2v) is 11.9. The monoisotopic (exact) mass is 641 g/mol. The van der Waals surface area contributed by atoms with Crippen LogP contribution in [-0.2, 0) is 19.1 Å². The maximum Gasteiger partial charge on any atom is 0.413 e. The average Bonchev–Trinajstić information content (AvgIpc) is 3.34. The van der Waals surface area contributed by atoms with Crippen molar-refractivity contribution in [1.82, 2.24) is 20.2 Å². The smallest absolute Gasteiger partial charge is 0.413 e. The number of anilines is 1. The lowest BCUT2D eigenvalue weighted by atomic mass is 9.95. The van der Waals surface area contributed by atoms with Gasteiger partial charge in [-0.05, 0) is 46.0 Å². The second kappa shape index (κ2) is 14.5. The molecule has 1 aromatic carbocycles. The number of nitrogens with zero attached hydrogens (tertiary/aromatic N) is 2. The fourth-order valence-corrected chi connectivity index (χ4v) is 4.56. The molecule has 1 aromatic heterocycles. The molecule has 2 aromatic rings. The molecule has 0 aliphatic carbocycles. The van der Waals surface area contributed by atoms with Crippen molar-refractivity contribution in [2.24, 2.45) is 11.8 Å². The molecule has 0 bridgehead atoms. The molecular weight excluding hydrogens is 606 g/mol. The van der Waals surface area contributed by atoms with Crippen LogP contribution in [0, 0.1) is 35.1 Å². The van der Waals surface area contributed by atoms with Gasteiger partial charge < -0.3 is 20.1 Å². The van der Waals surface area contributed by atoms with Crippen LogP contribution in [-0.4, -0.2) is 58.0 Å². The van der Waals surface area contributed by atoms with E-state index in [-0.39, 0.29) is 24.8 Å². The molecule has 3 N–H and O–H groups in total. The average molecular weight is 642 g/mol. The van der Waals surface area contributed by atoms with Crippen molar-refractivity contribution >= 4 is 29.5 Å². The Morgan fingerprint density at radius 2 is 1.76 bits per heavy atom. The Hall–Kier alpha value is -4.50. The van der Waals surface area contributed by atoms with Crippen molar-refractivity contribution < 1.29 is 46.2 Å². The van der Waals surface area contributed by atoms with Gasteiger partial charge in [0.1, 0.15) is 18.2 Å². The summed E-state index contributed by atoms with van der Waals surface area (Å²) in [5, 5.41) is 7.34. The highest BCUT2D eigenvalue weighted by atomic mass is 19.2. The molecule has 0 unspecified atom stereocenters. The number of rotatable bonds is 12. The second-order valence-electron chi connectivity index (χ2n) is 11.9. The first-order valence-electron chi connectivity index (χ1n) is 14.1. The Morgan fingerprint density at radius 3 is 2.31 bits per heavy atom. The lowest BCUT2D eigenvalue weighted by molar-refractivity contribution is -0.132. The Morgan fingerprint density at radius 1 is 1.11 bits per heavy atom. The molecule has 3 atom stereocenters. The first-order chi connectivity index (χ1) is 21.0. The van der Waals surface area contributed by atoms with Crippen molar-refractivity contribution in [2.45, 2.75) is 71.6 Å². The van der Waals surface area contributed by atoms with Gasteiger partial charge in [0.2, 0.25) is 29.3 Å². The zero-order valence-electron chi connectivity index (χ0n) is 25.3. The number of benzene rings is 1. The zero-order chi connectivity index (χ0) is 33.6. The highest BCUT2D eigenvalue weighted by Crippen LogP contribution is 2.27. The topological polar surface area (TPSA) is 158 Å². The summed E-state index contributed by atoms with van der Waals surface area (Å²) < 4.78 is 66.5. The molecule has 16 heteroatoms. The molecule has 1 aliphatic rings. The number of ether oxygens (including phenoxy) is 2. The third-order valence-corrected chi connectivity index (χ3v) is 6.64. The van der Waals surface area contributed by atoms with E-state index in [0.29, 0.717) is 13.0 Å². The number of hydrogen-bond acceptors (Lipinski definition) is 8. The van der Waals surface area contributed by atoms with Crippen molar-refractivity contribution in [1.29, 1.82) is 0 Å². The van der Waals surface area contributed by atoms with Crippen LogP contribution >= 0.6 is 0 Å². The highest BCUT2D eigenvalue weighted by Gasteiger charge is 2.34. The normalized spacial score (nSPS) is 16.1. The molecule has 3 rings (SSSR count). The van der Waals surface area contributed by atoms with Gasteiger partial charge in [-0.1, -0.05) is 13.8 Å². The van der Waals surface area contributed by atoms with E-state index < -0.39 is 94.3 Å². The molecular formula is C29H35F4N5O7. The van der Waals surface area contributed by atoms with Crippen LogP contribution in [0.4, 0.5) is 28.2 Å². The molecule has 0 saturated carbocycles. The minimum Gasteiger partial charge on any atom is -0.479 e. The molecule has 1 saturated heterocycles. The third-order valence-electron chi connectivity index (χ3n) is 6.64. The van der Waals surface area contributed by atoms with Crippen molar-refractivity contribution in [2.75, 3.05) is 18.5 Å². The number of halogens is 4. The van der Waals surface area contributed by atoms with Crippen LogP contribution in [0.5, 0.6) is 5.75 Å². The molecule has 1 fully saturated rings. The van der Waals surface area contributed by atoms with Gasteiger partial charge in [0.05, 0.1) is 6.04 Å². The van der Waals surface area contributed by atoms with E-state index in [1.165, 1.54) is 12.4 Å². The van der Waals surface area contributed by atoms with Gasteiger partial charge in [-0.3, -0.25) is 29.1 Å². The van der Waals surface area contributed by atoms with E-state index in [2.05, 4.69) is 20.9 Å². The summed E-state index contributed by atoms with van der Waals surface area (Å²) in [6.07, 6.45) is 1.58. The number of aromatic nitrogens is 2. The predicted molar refractivity (Wildman–Crippen MR) is 151 cm³/mol. The molecule has 0 radical (unpaired) electrons. The van der Waals surface area contributed by atoms with Crippen LogP contribution < -0.4 is 26.2 Å². The first kappa shape index (κ1) is 35.0. The number of Topliss-reactive ketones (excluding diaryl/α,β-unsaturated/α-hetero) is 1. The van der Waals surface area contributed by atoms with E-state index in [1.807, 2.05) is 0 Å². The van der Waals surface area contributed by atoms with E-state index in [4.69, 9.17) is 9.47 Å². The maximum absolute atomic E-state index is 14.1. The predicted octanol–water partition coefficient (Wildman–Crippen LogP) is 3.39. The summed E-state index contributed by atoms with van der Waals surface area (Å²) in [7, 11) is 0.